The van der Waals surface area contributed by atoms with E-state index in [4.69, 9.17) is 0 Å². The molecule has 3 heteroatoms. The van der Waals surface area contributed by atoms with E-state index >= 15 is 0 Å². The standard InChI is InChI=1S/C57H30OS2/c1-27-23-25-59-56(27)53-30-8-4-5-9-31(30)54(57-28(2)24-26-60-57)52-43-21-18-39-35-15-16-36-40-19-22-44-49-32(29-7-3-6-10-41(29)55(44)58)11-12-37(47(40)49)33-13-14-34(46(35)45(33)36)38-17-20-42(51(52)53)50(43)48(38)39/h3-26H,1-2H3. The quantitative estimate of drug-likeness (QED) is 0.126. The first-order valence-electron chi connectivity index (χ1n) is 20.7. The summed E-state index contributed by atoms with van der Waals surface area (Å²) in [6.07, 6.45) is 0. The fourth-order valence-electron chi connectivity index (χ4n) is 11.9. The first-order valence-corrected chi connectivity index (χ1v) is 22.5. The minimum atomic E-state index is 0.115. The zero-order chi connectivity index (χ0) is 39.3. The molecule has 0 unspecified atom stereocenters. The molecule has 60 heavy (non-hydrogen) atoms. The molecule has 2 heterocycles. The van der Waals surface area contributed by atoms with E-state index in [1.165, 1.54) is 135 Å². The molecular formula is C57H30OS2. The molecular weight excluding hydrogens is 765 g/mol. The van der Waals surface area contributed by atoms with Crippen molar-refractivity contribution in [3.63, 3.8) is 0 Å². The normalized spacial score (nSPS) is 13.2. The van der Waals surface area contributed by atoms with Crippen LogP contribution in [0.15, 0.2) is 144 Å². The Balaban J connectivity index is 1.09. The first-order chi connectivity index (χ1) is 29.6. The number of carbonyl (C=O) groups excluding carboxylic acids is 1. The second kappa shape index (κ2) is 10.8. The van der Waals surface area contributed by atoms with Gasteiger partial charge < -0.3 is 0 Å². The number of rotatable bonds is 2. The molecule has 2 aromatic heterocycles. The minimum Gasteiger partial charge on any atom is -0.289 e. The Morgan fingerprint density at radius 3 is 1.12 bits per heavy atom. The van der Waals surface area contributed by atoms with Gasteiger partial charge in [0.05, 0.1) is 0 Å². The molecule has 0 N–H and O–H groups in total. The summed E-state index contributed by atoms with van der Waals surface area (Å²) in [6, 6.07) is 49.8. The Morgan fingerprint density at radius 2 is 0.667 bits per heavy atom. The highest BCUT2D eigenvalue weighted by Crippen LogP contribution is 2.61. The van der Waals surface area contributed by atoms with Crippen LogP contribution in [-0.2, 0) is 0 Å². The maximum atomic E-state index is 14.0. The number of thiophene rings is 2. The molecule has 0 fully saturated rings. The van der Waals surface area contributed by atoms with Crippen molar-refractivity contribution in [1.29, 1.82) is 0 Å². The van der Waals surface area contributed by atoms with Crippen LogP contribution in [0.4, 0.5) is 0 Å². The van der Waals surface area contributed by atoms with Gasteiger partial charge in [-0.25, -0.2) is 0 Å². The van der Waals surface area contributed by atoms with Crippen LogP contribution in [0.3, 0.4) is 0 Å². The molecule has 0 saturated carbocycles. The fourth-order valence-corrected chi connectivity index (χ4v) is 13.9. The predicted molar refractivity (Wildman–Crippen MR) is 258 cm³/mol. The van der Waals surface area contributed by atoms with E-state index in [1.54, 1.807) is 0 Å². The minimum absolute atomic E-state index is 0.115. The van der Waals surface area contributed by atoms with E-state index < -0.39 is 0 Å². The number of ketones is 1. The lowest BCUT2D eigenvalue weighted by atomic mass is 9.78. The Kier molecular flexibility index (Phi) is 5.77. The van der Waals surface area contributed by atoms with Gasteiger partial charge in [-0.15, -0.1) is 22.7 Å². The van der Waals surface area contributed by atoms with Crippen molar-refractivity contribution < 1.29 is 4.79 Å². The Bertz CT molecular complexity index is 3960. The lowest BCUT2D eigenvalue weighted by Crippen LogP contribution is -2.10. The molecule has 1 nitrogen and oxygen atoms in total. The van der Waals surface area contributed by atoms with Crippen LogP contribution in [0, 0.1) is 13.8 Å². The third kappa shape index (κ3) is 3.59. The smallest absolute Gasteiger partial charge is 0.194 e. The highest BCUT2D eigenvalue weighted by atomic mass is 32.1. The van der Waals surface area contributed by atoms with Crippen LogP contribution in [0.1, 0.15) is 27.0 Å². The van der Waals surface area contributed by atoms with Crippen molar-refractivity contribution in [1.82, 2.24) is 0 Å². The summed E-state index contributed by atoms with van der Waals surface area (Å²) in [4.78, 5) is 16.7. The molecule has 13 aromatic rings. The van der Waals surface area contributed by atoms with Crippen molar-refractivity contribution >= 4 is 115 Å². The SMILES string of the molecule is Cc1ccsc1-c1c2c(c(-c3sccc3C)c3ccccc13)-c1ccc3c4ccc5c6ccc7c8c(ccc(c9ccc(c%10ccc-2c1c%103)c4c95)c86)C(=O)c1ccccc1-7. The monoisotopic (exact) mass is 794 g/mol. The summed E-state index contributed by atoms with van der Waals surface area (Å²) in [5.41, 5.74) is 14.6. The molecule has 0 atom stereocenters. The molecule has 0 radical (unpaired) electrons. The Morgan fingerprint density at radius 1 is 0.300 bits per heavy atom. The van der Waals surface area contributed by atoms with E-state index in [1.807, 2.05) is 40.9 Å². The van der Waals surface area contributed by atoms with Gasteiger partial charge in [0, 0.05) is 48.5 Å². The summed E-state index contributed by atoms with van der Waals surface area (Å²) >= 11 is 3.72. The van der Waals surface area contributed by atoms with E-state index in [0.717, 1.165) is 27.6 Å². The summed E-state index contributed by atoms with van der Waals surface area (Å²) in [7, 11) is 0. The lowest BCUT2D eigenvalue weighted by Gasteiger charge is -2.24. The molecule has 15 rings (SSSR count). The lowest BCUT2D eigenvalue weighted by molar-refractivity contribution is 0.104. The molecule has 2 aliphatic carbocycles. The van der Waals surface area contributed by atoms with Crippen LogP contribution in [0.25, 0.3) is 140 Å². The maximum absolute atomic E-state index is 14.0. The van der Waals surface area contributed by atoms with Gasteiger partial charge >= 0.3 is 0 Å². The van der Waals surface area contributed by atoms with E-state index in [2.05, 4.69) is 140 Å². The van der Waals surface area contributed by atoms with Gasteiger partial charge in [0.2, 0.25) is 0 Å². The molecule has 0 bridgehead atoms. The van der Waals surface area contributed by atoms with E-state index in [-0.39, 0.29) is 5.78 Å². The number of hydrogen-bond acceptors (Lipinski definition) is 3. The zero-order valence-corrected chi connectivity index (χ0v) is 34.2. The van der Waals surface area contributed by atoms with Crippen LogP contribution >= 0.6 is 22.7 Å². The molecule has 276 valence electrons. The van der Waals surface area contributed by atoms with Gasteiger partial charge in [-0.05, 0) is 157 Å². The number of fused-ring (bicyclic) bond motifs is 10. The van der Waals surface area contributed by atoms with Gasteiger partial charge in [-0.1, -0.05) is 115 Å². The molecule has 0 aliphatic heterocycles. The average Bonchev–Trinajstić information content (AvgIpc) is 4.01. The summed E-state index contributed by atoms with van der Waals surface area (Å²) in [5, 5.41) is 24.9. The van der Waals surface area contributed by atoms with Gasteiger partial charge in [0.15, 0.2) is 5.78 Å². The van der Waals surface area contributed by atoms with Crippen LogP contribution in [-0.4, -0.2) is 5.78 Å². The number of benzene rings is 11. The average molecular weight is 795 g/mol. The van der Waals surface area contributed by atoms with Gasteiger partial charge in [-0.3, -0.25) is 4.79 Å². The van der Waals surface area contributed by atoms with E-state index in [9.17, 15) is 4.79 Å². The second-order valence-corrected chi connectivity index (χ2v) is 18.8. The van der Waals surface area contributed by atoms with E-state index in [0.29, 0.717) is 0 Å². The summed E-state index contributed by atoms with van der Waals surface area (Å²) in [6.45, 7) is 4.53. The number of aryl methyl sites for hydroxylation is 2. The second-order valence-electron chi connectivity index (χ2n) is 17.0. The summed E-state index contributed by atoms with van der Waals surface area (Å²) in [5.74, 6) is 0.115. The van der Waals surface area contributed by atoms with Crippen LogP contribution < -0.4 is 0 Å². The van der Waals surface area contributed by atoms with Crippen molar-refractivity contribution in [3.8, 4) is 54.3 Å². The van der Waals surface area contributed by atoms with Crippen LogP contribution in [0.2, 0.25) is 0 Å². The highest BCUT2D eigenvalue weighted by Gasteiger charge is 2.34. The third-order valence-electron chi connectivity index (χ3n) is 14.3. The van der Waals surface area contributed by atoms with Crippen LogP contribution in [0.5, 0.6) is 0 Å². The number of hydrogen-bond donors (Lipinski definition) is 0. The number of carbonyl (C=O) groups is 1. The molecule has 0 saturated heterocycles. The Labute approximate surface area is 352 Å². The molecule has 11 aromatic carbocycles. The van der Waals surface area contributed by atoms with Gasteiger partial charge in [0.1, 0.15) is 0 Å². The molecule has 0 amide bonds. The fraction of sp³-hybridized carbons (Fsp3) is 0.0351. The van der Waals surface area contributed by atoms with Crippen molar-refractivity contribution in [3.05, 3.63) is 166 Å². The molecule has 2 aliphatic rings. The van der Waals surface area contributed by atoms with Gasteiger partial charge in [0.25, 0.3) is 0 Å². The van der Waals surface area contributed by atoms with Crippen molar-refractivity contribution in [2.24, 2.45) is 0 Å². The topological polar surface area (TPSA) is 17.1 Å². The third-order valence-corrected chi connectivity index (χ3v) is 16.3. The predicted octanol–water partition coefficient (Wildman–Crippen LogP) is 16.7. The maximum Gasteiger partial charge on any atom is 0.194 e. The Hall–Kier alpha value is -6.91. The largest absolute Gasteiger partial charge is 0.289 e. The zero-order valence-electron chi connectivity index (χ0n) is 32.6. The summed E-state index contributed by atoms with van der Waals surface area (Å²) < 4.78 is 0. The highest BCUT2D eigenvalue weighted by molar-refractivity contribution is 7.14. The van der Waals surface area contributed by atoms with Crippen molar-refractivity contribution in [2.75, 3.05) is 0 Å². The van der Waals surface area contributed by atoms with Gasteiger partial charge in [-0.2, -0.15) is 0 Å². The first kappa shape index (κ1) is 32.0. The molecule has 0 spiro atoms. The van der Waals surface area contributed by atoms with Crippen molar-refractivity contribution in [2.45, 2.75) is 13.8 Å².